The average molecular weight is 452 g/mol. The van der Waals surface area contributed by atoms with Crippen LogP contribution in [0.3, 0.4) is 0 Å². The van der Waals surface area contributed by atoms with E-state index in [0.29, 0.717) is 12.1 Å². The molecule has 6 heteroatoms. The van der Waals surface area contributed by atoms with Gasteiger partial charge >= 0.3 is 0 Å². The quantitative estimate of drug-likeness (QED) is 0.360. The summed E-state index contributed by atoms with van der Waals surface area (Å²) in [5, 5.41) is 6.92. The van der Waals surface area contributed by atoms with Crippen LogP contribution in [0.4, 0.5) is 0 Å². The minimum Gasteiger partial charge on any atom is -0.355 e. The minimum atomic E-state index is 0. The first kappa shape index (κ1) is 22.7. The predicted molar refractivity (Wildman–Crippen MR) is 115 cm³/mol. The molecule has 1 aromatic rings. The lowest BCUT2D eigenvalue weighted by atomic mass is 10.2. The number of nitrogens with zero attached hydrogens (tertiary/aromatic N) is 2. The maximum Gasteiger partial charge on any atom is 0.191 e. The van der Waals surface area contributed by atoms with Crippen molar-refractivity contribution in [2.24, 2.45) is 4.99 Å². The van der Waals surface area contributed by atoms with Crippen LogP contribution >= 0.6 is 35.3 Å². The van der Waals surface area contributed by atoms with Crippen molar-refractivity contribution in [1.82, 2.24) is 15.5 Å². The third-order valence-corrected chi connectivity index (χ3v) is 4.93. The highest BCUT2D eigenvalue weighted by Gasteiger charge is 2.12. The first-order valence-electron chi connectivity index (χ1n) is 8.26. The van der Waals surface area contributed by atoms with E-state index in [1.165, 1.54) is 9.75 Å². The Balaban J connectivity index is 0.00000484. The van der Waals surface area contributed by atoms with Gasteiger partial charge in [-0.1, -0.05) is 13.8 Å². The summed E-state index contributed by atoms with van der Waals surface area (Å²) in [6.07, 6.45) is 1.03. The highest BCUT2D eigenvalue weighted by Crippen LogP contribution is 2.16. The molecule has 4 nitrogen and oxygen atoms in total. The maximum absolute atomic E-state index is 4.34. The van der Waals surface area contributed by atoms with E-state index in [2.05, 4.69) is 67.3 Å². The summed E-state index contributed by atoms with van der Waals surface area (Å²) in [6, 6.07) is 5.28. The fourth-order valence-electron chi connectivity index (χ4n) is 2.60. The SMILES string of the molecule is CCN(CC)C(C)CNC(=NC)NC(C)Cc1ccc(C)s1.I. The predicted octanol–water partition coefficient (Wildman–Crippen LogP) is 3.50. The zero-order valence-corrected chi connectivity index (χ0v) is 18.5. The highest BCUT2D eigenvalue weighted by molar-refractivity contribution is 14.0. The molecule has 1 heterocycles. The van der Waals surface area contributed by atoms with E-state index in [0.717, 1.165) is 32.0 Å². The van der Waals surface area contributed by atoms with E-state index >= 15 is 0 Å². The summed E-state index contributed by atoms with van der Waals surface area (Å²) in [6.45, 7) is 14.1. The van der Waals surface area contributed by atoms with Crippen molar-refractivity contribution >= 4 is 41.3 Å². The van der Waals surface area contributed by atoms with Crippen LogP contribution in [0.25, 0.3) is 0 Å². The molecule has 1 rings (SSSR count). The third kappa shape index (κ3) is 8.35. The van der Waals surface area contributed by atoms with E-state index in [9.17, 15) is 0 Å². The number of rotatable bonds is 8. The molecule has 1 aromatic heterocycles. The third-order valence-electron chi connectivity index (χ3n) is 3.91. The van der Waals surface area contributed by atoms with Crippen molar-refractivity contribution in [2.75, 3.05) is 26.7 Å². The minimum absolute atomic E-state index is 0. The average Bonchev–Trinajstić information content (AvgIpc) is 2.89. The molecule has 2 unspecified atom stereocenters. The molecule has 0 amide bonds. The summed E-state index contributed by atoms with van der Waals surface area (Å²) in [5.74, 6) is 0.889. The largest absolute Gasteiger partial charge is 0.355 e. The topological polar surface area (TPSA) is 39.7 Å². The zero-order chi connectivity index (χ0) is 16.5. The normalized spacial score (nSPS) is 14.3. The van der Waals surface area contributed by atoms with Crippen LogP contribution in [0, 0.1) is 6.92 Å². The molecular weight excluding hydrogens is 419 g/mol. The number of aryl methyl sites for hydroxylation is 1. The van der Waals surface area contributed by atoms with Crippen LogP contribution in [0.2, 0.25) is 0 Å². The fraction of sp³-hybridized carbons (Fsp3) is 0.706. The second-order valence-corrected chi connectivity index (χ2v) is 7.16. The van der Waals surface area contributed by atoms with E-state index in [4.69, 9.17) is 0 Å². The van der Waals surface area contributed by atoms with Crippen molar-refractivity contribution < 1.29 is 0 Å². The van der Waals surface area contributed by atoms with Gasteiger partial charge in [0, 0.05) is 41.9 Å². The molecule has 0 aromatic carbocycles. The number of nitrogens with one attached hydrogen (secondary N) is 2. The van der Waals surface area contributed by atoms with Crippen LogP contribution < -0.4 is 10.6 Å². The lowest BCUT2D eigenvalue weighted by Crippen LogP contribution is -2.48. The highest BCUT2D eigenvalue weighted by atomic mass is 127. The Morgan fingerprint density at radius 2 is 1.91 bits per heavy atom. The lowest BCUT2D eigenvalue weighted by molar-refractivity contribution is 0.231. The second-order valence-electron chi connectivity index (χ2n) is 5.79. The Bertz CT molecular complexity index is 457. The molecule has 134 valence electrons. The Morgan fingerprint density at radius 1 is 1.26 bits per heavy atom. The van der Waals surface area contributed by atoms with E-state index in [-0.39, 0.29) is 24.0 Å². The van der Waals surface area contributed by atoms with Crippen LogP contribution in [0.5, 0.6) is 0 Å². The zero-order valence-electron chi connectivity index (χ0n) is 15.3. The van der Waals surface area contributed by atoms with Gasteiger partial charge in [0.15, 0.2) is 5.96 Å². The number of hydrogen-bond donors (Lipinski definition) is 2. The van der Waals surface area contributed by atoms with Gasteiger partial charge in [-0.05, 0) is 46.0 Å². The number of aliphatic imine (C=N–C) groups is 1. The molecule has 0 radical (unpaired) electrons. The van der Waals surface area contributed by atoms with E-state index in [1.807, 2.05) is 18.4 Å². The van der Waals surface area contributed by atoms with Crippen LogP contribution in [-0.4, -0.2) is 49.6 Å². The van der Waals surface area contributed by atoms with Gasteiger partial charge in [0.1, 0.15) is 0 Å². The molecule has 2 N–H and O–H groups in total. The first-order chi connectivity index (χ1) is 10.5. The Labute approximate surface area is 163 Å². The summed E-state index contributed by atoms with van der Waals surface area (Å²) in [5.41, 5.74) is 0. The van der Waals surface area contributed by atoms with Gasteiger partial charge in [0.05, 0.1) is 0 Å². The smallest absolute Gasteiger partial charge is 0.191 e. The van der Waals surface area contributed by atoms with E-state index < -0.39 is 0 Å². The number of thiophene rings is 1. The molecule has 0 saturated heterocycles. The van der Waals surface area contributed by atoms with Gasteiger partial charge < -0.3 is 10.6 Å². The van der Waals surface area contributed by atoms with Gasteiger partial charge in [-0.3, -0.25) is 9.89 Å². The maximum atomic E-state index is 4.34. The molecule has 0 aliphatic heterocycles. The van der Waals surface area contributed by atoms with Gasteiger partial charge in [0.2, 0.25) is 0 Å². The molecule has 23 heavy (non-hydrogen) atoms. The fourth-order valence-corrected chi connectivity index (χ4v) is 3.62. The van der Waals surface area contributed by atoms with Crippen LogP contribution in [0.15, 0.2) is 17.1 Å². The molecule has 0 spiro atoms. The molecule has 0 saturated carbocycles. The number of guanidine groups is 1. The van der Waals surface area contributed by atoms with Crippen molar-refractivity contribution in [3.63, 3.8) is 0 Å². The molecule has 0 bridgehead atoms. The Morgan fingerprint density at radius 3 is 2.39 bits per heavy atom. The summed E-state index contributed by atoms with van der Waals surface area (Å²) < 4.78 is 0. The molecule has 0 aliphatic rings. The molecule has 0 aliphatic carbocycles. The number of likely N-dealkylation sites (N-methyl/N-ethyl adjacent to an activating group) is 1. The summed E-state index contributed by atoms with van der Waals surface area (Å²) >= 11 is 1.87. The van der Waals surface area contributed by atoms with Gasteiger partial charge in [-0.15, -0.1) is 35.3 Å². The van der Waals surface area contributed by atoms with Gasteiger partial charge in [-0.2, -0.15) is 0 Å². The monoisotopic (exact) mass is 452 g/mol. The van der Waals surface area contributed by atoms with Crippen molar-refractivity contribution in [3.8, 4) is 0 Å². The summed E-state index contributed by atoms with van der Waals surface area (Å²) in [7, 11) is 1.83. The molecular formula is C17H33IN4S. The standard InChI is InChI=1S/C17H32N4S.HI/c1-7-21(8-2)14(4)12-19-17(18-6)20-13(3)11-16-10-9-15(5)22-16;/h9-10,13-14H,7-8,11-12H2,1-6H3,(H2,18,19,20);1H. The lowest BCUT2D eigenvalue weighted by Gasteiger charge is -2.27. The number of hydrogen-bond acceptors (Lipinski definition) is 3. The first-order valence-corrected chi connectivity index (χ1v) is 9.08. The number of halogens is 1. The van der Waals surface area contributed by atoms with Crippen LogP contribution in [0.1, 0.15) is 37.4 Å². The van der Waals surface area contributed by atoms with Crippen molar-refractivity contribution in [1.29, 1.82) is 0 Å². The van der Waals surface area contributed by atoms with Crippen molar-refractivity contribution in [2.45, 2.75) is 53.1 Å². The Kier molecular flexibility index (Phi) is 11.9. The Hall–Kier alpha value is -0.340. The molecule has 2 atom stereocenters. The molecule has 0 fully saturated rings. The van der Waals surface area contributed by atoms with E-state index in [1.54, 1.807) is 0 Å². The van der Waals surface area contributed by atoms with Gasteiger partial charge in [0.25, 0.3) is 0 Å². The summed E-state index contributed by atoms with van der Waals surface area (Å²) in [4.78, 5) is 9.57. The van der Waals surface area contributed by atoms with Crippen LogP contribution in [-0.2, 0) is 6.42 Å². The second kappa shape index (κ2) is 12.1. The van der Waals surface area contributed by atoms with Crippen molar-refractivity contribution in [3.05, 3.63) is 21.9 Å². The van der Waals surface area contributed by atoms with Gasteiger partial charge in [-0.25, -0.2) is 0 Å².